The van der Waals surface area contributed by atoms with Crippen LogP contribution >= 0.6 is 28.3 Å². The van der Waals surface area contributed by atoms with Crippen molar-refractivity contribution in [2.24, 2.45) is 11.7 Å². The molecule has 0 heterocycles. The highest BCUT2D eigenvalue weighted by Crippen LogP contribution is 2.36. The fourth-order valence-electron chi connectivity index (χ4n) is 2.56. The molecule has 1 nitrogen and oxygen atoms in total. The number of hydrogen-bond donors (Lipinski definition) is 1. The largest absolute Gasteiger partial charge is 0.324 e. The summed E-state index contributed by atoms with van der Waals surface area (Å²) in [6.07, 6.45) is 4.72. The Labute approximate surface area is 117 Å². The number of hydrogen-bond acceptors (Lipinski definition) is 1. The standard InChI is InChI=1S/C13H17BrFN.ClH/c1-8-6-10(14)7-11(12(8)15)13(16)9-4-2-3-5-9;/h6-7,9,13H,2-5,16H2,1H3;1H/t13-;/m0./s1. The van der Waals surface area contributed by atoms with Crippen LogP contribution in [0.5, 0.6) is 0 Å². The Morgan fingerprint density at radius 1 is 1.35 bits per heavy atom. The highest BCUT2D eigenvalue weighted by atomic mass is 79.9. The molecule has 17 heavy (non-hydrogen) atoms. The van der Waals surface area contributed by atoms with Crippen LogP contribution in [-0.4, -0.2) is 0 Å². The topological polar surface area (TPSA) is 26.0 Å². The lowest BCUT2D eigenvalue weighted by molar-refractivity contribution is 0.427. The summed E-state index contributed by atoms with van der Waals surface area (Å²) < 4.78 is 14.9. The van der Waals surface area contributed by atoms with Gasteiger partial charge in [0.15, 0.2) is 0 Å². The van der Waals surface area contributed by atoms with E-state index in [9.17, 15) is 4.39 Å². The fourth-order valence-corrected chi connectivity index (χ4v) is 3.15. The van der Waals surface area contributed by atoms with Crippen molar-refractivity contribution in [3.63, 3.8) is 0 Å². The Morgan fingerprint density at radius 2 is 1.94 bits per heavy atom. The smallest absolute Gasteiger partial charge is 0.130 e. The maximum atomic E-state index is 14.0. The Hall–Kier alpha value is -0.120. The predicted molar refractivity (Wildman–Crippen MR) is 75.0 cm³/mol. The minimum Gasteiger partial charge on any atom is -0.324 e. The molecule has 0 spiro atoms. The molecule has 0 bridgehead atoms. The van der Waals surface area contributed by atoms with Crippen molar-refractivity contribution in [1.29, 1.82) is 0 Å². The Bertz CT molecular complexity index is 391. The van der Waals surface area contributed by atoms with Gasteiger partial charge in [-0.1, -0.05) is 28.8 Å². The van der Waals surface area contributed by atoms with E-state index in [2.05, 4.69) is 15.9 Å². The third kappa shape index (κ3) is 3.21. The molecule has 1 aliphatic rings. The summed E-state index contributed by atoms with van der Waals surface area (Å²) in [5.74, 6) is 0.311. The van der Waals surface area contributed by atoms with Crippen LogP contribution in [0.15, 0.2) is 16.6 Å². The number of benzene rings is 1. The van der Waals surface area contributed by atoms with E-state index in [1.54, 1.807) is 13.0 Å². The van der Waals surface area contributed by atoms with Gasteiger partial charge in [-0.15, -0.1) is 12.4 Å². The molecule has 1 aromatic carbocycles. The maximum Gasteiger partial charge on any atom is 0.130 e. The Morgan fingerprint density at radius 3 is 2.53 bits per heavy atom. The third-order valence-electron chi connectivity index (χ3n) is 3.51. The van der Waals surface area contributed by atoms with E-state index >= 15 is 0 Å². The number of nitrogens with two attached hydrogens (primary N) is 1. The fraction of sp³-hybridized carbons (Fsp3) is 0.538. The van der Waals surface area contributed by atoms with Crippen molar-refractivity contribution in [2.75, 3.05) is 0 Å². The van der Waals surface area contributed by atoms with Gasteiger partial charge in [0.25, 0.3) is 0 Å². The molecule has 0 unspecified atom stereocenters. The van der Waals surface area contributed by atoms with Gasteiger partial charge in [0.1, 0.15) is 5.82 Å². The SMILES string of the molecule is Cc1cc(Br)cc([C@@H](N)C2CCCC2)c1F.Cl. The molecule has 4 heteroatoms. The first-order chi connectivity index (χ1) is 7.59. The molecule has 0 radical (unpaired) electrons. The molecule has 0 amide bonds. The summed E-state index contributed by atoms with van der Waals surface area (Å²) in [6, 6.07) is 3.46. The summed E-state index contributed by atoms with van der Waals surface area (Å²) in [7, 11) is 0. The minimum atomic E-state index is -0.154. The third-order valence-corrected chi connectivity index (χ3v) is 3.97. The van der Waals surface area contributed by atoms with E-state index in [-0.39, 0.29) is 24.3 Å². The highest BCUT2D eigenvalue weighted by molar-refractivity contribution is 9.10. The highest BCUT2D eigenvalue weighted by Gasteiger charge is 2.25. The van der Waals surface area contributed by atoms with Crippen LogP contribution in [0.3, 0.4) is 0 Å². The molecule has 0 aliphatic heterocycles. The van der Waals surface area contributed by atoms with Crippen molar-refractivity contribution in [3.8, 4) is 0 Å². The predicted octanol–water partition coefficient (Wildman–Crippen LogP) is 4.51. The molecule has 1 fully saturated rings. The molecule has 0 aromatic heterocycles. The average Bonchev–Trinajstić information content (AvgIpc) is 2.75. The molecular formula is C13H18BrClFN. The van der Waals surface area contributed by atoms with Crippen LogP contribution in [0.4, 0.5) is 4.39 Å². The van der Waals surface area contributed by atoms with Crippen LogP contribution in [0.1, 0.15) is 42.9 Å². The quantitative estimate of drug-likeness (QED) is 0.852. The first kappa shape index (κ1) is 14.9. The molecule has 1 atom stereocenters. The van der Waals surface area contributed by atoms with E-state index in [4.69, 9.17) is 5.73 Å². The Balaban J connectivity index is 0.00000144. The van der Waals surface area contributed by atoms with Gasteiger partial charge in [0.2, 0.25) is 0 Å². The summed E-state index contributed by atoms with van der Waals surface area (Å²) >= 11 is 3.40. The van der Waals surface area contributed by atoms with Crippen molar-refractivity contribution in [3.05, 3.63) is 33.5 Å². The van der Waals surface area contributed by atoms with Crippen molar-refractivity contribution in [1.82, 2.24) is 0 Å². The van der Waals surface area contributed by atoms with E-state index in [0.717, 1.165) is 17.3 Å². The summed E-state index contributed by atoms with van der Waals surface area (Å²) in [4.78, 5) is 0. The van der Waals surface area contributed by atoms with Gasteiger partial charge < -0.3 is 5.73 Å². The zero-order chi connectivity index (χ0) is 11.7. The molecule has 96 valence electrons. The van der Waals surface area contributed by atoms with Gasteiger partial charge in [-0.2, -0.15) is 0 Å². The molecule has 1 aliphatic carbocycles. The second-order valence-electron chi connectivity index (χ2n) is 4.70. The maximum absolute atomic E-state index is 14.0. The second kappa shape index (κ2) is 6.17. The first-order valence-electron chi connectivity index (χ1n) is 5.80. The van der Waals surface area contributed by atoms with Gasteiger partial charge in [0.05, 0.1) is 0 Å². The van der Waals surface area contributed by atoms with Gasteiger partial charge >= 0.3 is 0 Å². The van der Waals surface area contributed by atoms with Crippen LogP contribution in [-0.2, 0) is 0 Å². The van der Waals surface area contributed by atoms with E-state index in [1.165, 1.54) is 12.8 Å². The van der Waals surface area contributed by atoms with Gasteiger partial charge in [0, 0.05) is 16.1 Å². The number of aryl methyl sites for hydroxylation is 1. The van der Waals surface area contributed by atoms with Crippen molar-refractivity contribution in [2.45, 2.75) is 38.6 Å². The monoisotopic (exact) mass is 321 g/mol. The van der Waals surface area contributed by atoms with Gasteiger partial charge in [-0.25, -0.2) is 4.39 Å². The van der Waals surface area contributed by atoms with E-state index < -0.39 is 0 Å². The number of halogens is 3. The van der Waals surface area contributed by atoms with Gasteiger partial charge in [-0.3, -0.25) is 0 Å². The minimum absolute atomic E-state index is 0. The zero-order valence-electron chi connectivity index (χ0n) is 9.88. The van der Waals surface area contributed by atoms with Gasteiger partial charge in [-0.05, 0) is 43.4 Å². The summed E-state index contributed by atoms with van der Waals surface area (Å²) in [5.41, 5.74) is 7.51. The average molecular weight is 323 g/mol. The first-order valence-corrected chi connectivity index (χ1v) is 6.60. The second-order valence-corrected chi connectivity index (χ2v) is 5.61. The number of rotatable bonds is 2. The zero-order valence-corrected chi connectivity index (χ0v) is 12.3. The Kier molecular flexibility index (Phi) is 5.42. The molecular weight excluding hydrogens is 305 g/mol. The lowest BCUT2D eigenvalue weighted by Gasteiger charge is -2.20. The lowest BCUT2D eigenvalue weighted by Crippen LogP contribution is -2.20. The molecule has 2 N–H and O–H groups in total. The molecule has 1 aromatic rings. The molecule has 1 saturated carbocycles. The normalized spacial score (nSPS) is 17.9. The van der Waals surface area contributed by atoms with Crippen LogP contribution in [0.25, 0.3) is 0 Å². The summed E-state index contributed by atoms with van der Waals surface area (Å²) in [6.45, 7) is 1.78. The van der Waals surface area contributed by atoms with Crippen LogP contribution in [0.2, 0.25) is 0 Å². The lowest BCUT2D eigenvalue weighted by atomic mass is 9.91. The van der Waals surface area contributed by atoms with Crippen molar-refractivity contribution < 1.29 is 4.39 Å². The van der Waals surface area contributed by atoms with E-state index in [1.807, 2.05) is 6.07 Å². The van der Waals surface area contributed by atoms with Crippen LogP contribution in [0, 0.1) is 18.7 Å². The van der Waals surface area contributed by atoms with Crippen LogP contribution < -0.4 is 5.73 Å². The van der Waals surface area contributed by atoms with Crippen molar-refractivity contribution >= 4 is 28.3 Å². The summed E-state index contributed by atoms with van der Waals surface area (Å²) in [5, 5.41) is 0. The molecule has 2 rings (SSSR count). The van der Waals surface area contributed by atoms with E-state index in [0.29, 0.717) is 17.0 Å². The molecule has 0 saturated heterocycles.